The largest absolute Gasteiger partial charge is 0.480 e. The van der Waals surface area contributed by atoms with Crippen molar-refractivity contribution in [2.45, 2.75) is 19.1 Å². The molecule has 0 aliphatic rings. The quantitative estimate of drug-likeness (QED) is 0.911. The maximum atomic E-state index is 12.3. The van der Waals surface area contributed by atoms with Gasteiger partial charge in [-0.1, -0.05) is 0 Å². The number of aliphatic carboxylic acids is 1. The van der Waals surface area contributed by atoms with Crippen LogP contribution in [0, 0.1) is 0 Å². The van der Waals surface area contributed by atoms with Crippen LogP contribution in [0.25, 0.3) is 0 Å². The monoisotopic (exact) mass is 276 g/mol. The van der Waals surface area contributed by atoms with Crippen LogP contribution in [0.15, 0.2) is 18.3 Å². The fourth-order valence-electron chi connectivity index (χ4n) is 1.21. The first-order valence-electron chi connectivity index (χ1n) is 5.18. The maximum Gasteiger partial charge on any atom is 0.417 e. The SMILES string of the molecule is CC(C(=O)O)N(C)C(=O)c1ccc(C(F)(F)F)cn1. The van der Waals surface area contributed by atoms with Gasteiger partial charge in [-0.2, -0.15) is 13.2 Å². The molecule has 1 aromatic rings. The average Bonchev–Trinajstić information content (AvgIpc) is 2.35. The van der Waals surface area contributed by atoms with Crippen LogP contribution < -0.4 is 0 Å². The molecule has 8 heteroatoms. The zero-order chi connectivity index (χ0) is 14.8. The maximum absolute atomic E-state index is 12.3. The van der Waals surface area contributed by atoms with E-state index < -0.39 is 29.7 Å². The number of halogens is 3. The van der Waals surface area contributed by atoms with Crippen molar-refractivity contribution in [3.63, 3.8) is 0 Å². The number of pyridine rings is 1. The van der Waals surface area contributed by atoms with Crippen LogP contribution in [-0.4, -0.2) is 40.0 Å². The summed E-state index contributed by atoms with van der Waals surface area (Å²) in [5, 5.41) is 8.74. The van der Waals surface area contributed by atoms with Gasteiger partial charge in [0.05, 0.1) is 5.56 Å². The lowest BCUT2D eigenvalue weighted by molar-refractivity contribution is -0.141. The molecule has 5 nitrogen and oxygen atoms in total. The molecule has 1 aromatic heterocycles. The zero-order valence-electron chi connectivity index (χ0n) is 10.1. The third-order valence-corrected chi connectivity index (χ3v) is 2.57. The van der Waals surface area contributed by atoms with Gasteiger partial charge in [0, 0.05) is 13.2 Å². The molecule has 0 fully saturated rings. The number of carboxylic acids is 1. The number of rotatable bonds is 3. The van der Waals surface area contributed by atoms with E-state index in [1.54, 1.807) is 0 Å². The van der Waals surface area contributed by atoms with Crippen molar-refractivity contribution in [1.29, 1.82) is 0 Å². The van der Waals surface area contributed by atoms with Gasteiger partial charge < -0.3 is 10.0 Å². The highest BCUT2D eigenvalue weighted by Gasteiger charge is 2.31. The van der Waals surface area contributed by atoms with Crippen molar-refractivity contribution in [3.05, 3.63) is 29.6 Å². The normalized spacial score (nSPS) is 12.9. The first-order chi connectivity index (χ1) is 8.64. The van der Waals surface area contributed by atoms with Gasteiger partial charge in [-0.25, -0.2) is 4.79 Å². The summed E-state index contributed by atoms with van der Waals surface area (Å²) >= 11 is 0. The van der Waals surface area contributed by atoms with Gasteiger partial charge in [0.2, 0.25) is 0 Å². The molecule has 0 radical (unpaired) electrons. The van der Waals surface area contributed by atoms with Gasteiger partial charge in [-0.15, -0.1) is 0 Å². The molecule has 0 bridgehead atoms. The van der Waals surface area contributed by atoms with Crippen molar-refractivity contribution < 1.29 is 27.9 Å². The molecule has 1 heterocycles. The van der Waals surface area contributed by atoms with Gasteiger partial charge in [-0.3, -0.25) is 9.78 Å². The third kappa shape index (κ3) is 3.43. The summed E-state index contributed by atoms with van der Waals surface area (Å²) in [6, 6.07) is 0.534. The Hall–Kier alpha value is -2.12. The Morgan fingerprint density at radius 3 is 2.32 bits per heavy atom. The smallest absolute Gasteiger partial charge is 0.417 e. The topological polar surface area (TPSA) is 70.5 Å². The van der Waals surface area contributed by atoms with Crippen LogP contribution in [0.3, 0.4) is 0 Å². The number of amides is 1. The lowest BCUT2D eigenvalue weighted by Crippen LogP contribution is -2.40. The molecule has 0 saturated heterocycles. The fraction of sp³-hybridized carbons (Fsp3) is 0.364. The molecule has 1 unspecified atom stereocenters. The van der Waals surface area contributed by atoms with E-state index in [1.165, 1.54) is 14.0 Å². The van der Waals surface area contributed by atoms with Crippen molar-refractivity contribution in [3.8, 4) is 0 Å². The Kier molecular flexibility index (Phi) is 4.13. The molecule has 0 aromatic carbocycles. The van der Waals surface area contributed by atoms with Crippen molar-refractivity contribution in [2.24, 2.45) is 0 Å². The first kappa shape index (κ1) is 14.9. The molecule has 0 saturated carbocycles. The molecule has 104 valence electrons. The minimum absolute atomic E-state index is 0.247. The Labute approximate surface area is 106 Å². The van der Waals surface area contributed by atoms with Crippen LogP contribution in [0.1, 0.15) is 23.0 Å². The number of hydrogen-bond donors (Lipinski definition) is 1. The summed E-state index contributed by atoms with van der Waals surface area (Å²) in [6.07, 6.45) is -4.00. The second-order valence-electron chi connectivity index (χ2n) is 3.86. The fourth-order valence-corrected chi connectivity index (χ4v) is 1.21. The van der Waals surface area contributed by atoms with Crippen LogP contribution in [0.2, 0.25) is 0 Å². The Balaban J connectivity index is 2.93. The minimum Gasteiger partial charge on any atom is -0.480 e. The van der Waals surface area contributed by atoms with Crippen LogP contribution in [0.4, 0.5) is 13.2 Å². The Morgan fingerprint density at radius 1 is 1.37 bits per heavy atom. The molecule has 1 N–H and O–H groups in total. The number of carboxylic acid groups (broad SMARTS) is 1. The lowest BCUT2D eigenvalue weighted by atomic mass is 10.2. The Bertz CT molecular complexity index is 485. The van der Waals surface area contributed by atoms with Crippen molar-refractivity contribution in [1.82, 2.24) is 9.88 Å². The molecule has 1 rings (SSSR count). The number of carbonyl (C=O) groups excluding carboxylic acids is 1. The highest BCUT2D eigenvalue weighted by atomic mass is 19.4. The molecule has 0 aliphatic carbocycles. The molecule has 0 aliphatic heterocycles. The zero-order valence-corrected chi connectivity index (χ0v) is 10.1. The van der Waals surface area contributed by atoms with E-state index in [0.717, 1.165) is 17.0 Å². The molecule has 1 atom stereocenters. The average molecular weight is 276 g/mol. The van der Waals surface area contributed by atoms with Gasteiger partial charge in [0.1, 0.15) is 11.7 Å². The van der Waals surface area contributed by atoms with Crippen LogP contribution >= 0.6 is 0 Å². The number of hydrogen-bond acceptors (Lipinski definition) is 3. The summed E-state index contributed by atoms with van der Waals surface area (Å²) < 4.78 is 36.9. The molecular weight excluding hydrogens is 265 g/mol. The number of aromatic nitrogens is 1. The number of nitrogens with zero attached hydrogens (tertiary/aromatic N) is 2. The molecular formula is C11H11F3N2O3. The number of carbonyl (C=O) groups is 2. The second kappa shape index (κ2) is 5.25. The van der Waals surface area contributed by atoms with E-state index >= 15 is 0 Å². The van der Waals surface area contributed by atoms with E-state index in [0.29, 0.717) is 6.20 Å². The van der Waals surface area contributed by atoms with Gasteiger partial charge in [-0.05, 0) is 19.1 Å². The number of likely N-dealkylation sites (N-methyl/N-ethyl adjacent to an activating group) is 1. The predicted octanol–water partition coefficient (Wildman–Crippen LogP) is 1.65. The highest BCUT2D eigenvalue weighted by molar-refractivity contribution is 5.94. The second-order valence-corrected chi connectivity index (χ2v) is 3.86. The standard InChI is InChI=1S/C11H11F3N2O3/c1-6(10(18)19)16(2)9(17)8-4-3-7(5-15-8)11(12,13)14/h3-6H,1-2H3,(H,18,19). The summed E-state index contributed by atoms with van der Waals surface area (Å²) in [5.74, 6) is -1.98. The van der Waals surface area contributed by atoms with Crippen LogP contribution in [0.5, 0.6) is 0 Å². The van der Waals surface area contributed by atoms with E-state index in [-0.39, 0.29) is 5.69 Å². The summed E-state index contributed by atoms with van der Waals surface area (Å²) in [4.78, 5) is 26.8. The first-order valence-corrected chi connectivity index (χ1v) is 5.18. The van der Waals surface area contributed by atoms with E-state index in [4.69, 9.17) is 5.11 Å². The third-order valence-electron chi connectivity index (χ3n) is 2.57. The summed E-state index contributed by atoms with van der Waals surface area (Å²) in [6.45, 7) is 1.28. The van der Waals surface area contributed by atoms with Gasteiger partial charge in [0.25, 0.3) is 5.91 Å². The van der Waals surface area contributed by atoms with E-state index in [1.807, 2.05) is 0 Å². The minimum atomic E-state index is -4.53. The van der Waals surface area contributed by atoms with E-state index in [2.05, 4.69) is 4.98 Å². The molecule has 19 heavy (non-hydrogen) atoms. The van der Waals surface area contributed by atoms with Crippen molar-refractivity contribution >= 4 is 11.9 Å². The van der Waals surface area contributed by atoms with Gasteiger partial charge in [0.15, 0.2) is 0 Å². The van der Waals surface area contributed by atoms with Gasteiger partial charge >= 0.3 is 12.1 Å². The molecule has 1 amide bonds. The summed E-state index contributed by atoms with van der Waals surface area (Å²) in [5.41, 5.74) is -1.22. The van der Waals surface area contributed by atoms with E-state index in [9.17, 15) is 22.8 Å². The predicted molar refractivity (Wildman–Crippen MR) is 58.4 cm³/mol. The lowest BCUT2D eigenvalue weighted by Gasteiger charge is -2.21. The molecule has 0 spiro atoms. The van der Waals surface area contributed by atoms with Crippen LogP contribution in [-0.2, 0) is 11.0 Å². The van der Waals surface area contributed by atoms with Crippen molar-refractivity contribution in [2.75, 3.05) is 7.05 Å². The Morgan fingerprint density at radius 2 is 1.95 bits per heavy atom. The number of alkyl halides is 3. The summed E-state index contributed by atoms with van der Waals surface area (Å²) in [7, 11) is 1.24. The highest BCUT2D eigenvalue weighted by Crippen LogP contribution is 2.28.